The van der Waals surface area contributed by atoms with Crippen LogP contribution in [0.3, 0.4) is 0 Å². The lowest BCUT2D eigenvalue weighted by atomic mass is 9.82. The number of carbonyl (C=O) groups excluding carboxylic acids is 4. The van der Waals surface area contributed by atoms with Crippen LogP contribution >= 0.6 is 0 Å². The van der Waals surface area contributed by atoms with Gasteiger partial charge in [0.25, 0.3) is 0 Å². The Morgan fingerprint density at radius 1 is 0.456 bits per heavy atom. The fraction of sp³-hybridized carbons (Fsp3) is 0.527. The summed E-state index contributed by atoms with van der Waals surface area (Å²) in [4.78, 5) is 48.8. The van der Waals surface area contributed by atoms with Gasteiger partial charge in [0, 0.05) is 17.2 Å². The van der Waals surface area contributed by atoms with E-state index in [0.717, 1.165) is 114 Å². The van der Waals surface area contributed by atoms with Gasteiger partial charge in [0.05, 0.1) is 58.6 Å². The van der Waals surface area contributed by atoms with Crippen molar-refractivity contribution in [1.82, 2.24) is 0 Å². The molecule has 0 aromatic heterocycles. The molecule has 0 unspecified atom stereocenters. The van der Waals surface area contributed by atoms with Crippen LogP contribution < -0.4 is 33.2 Å². The Labute approximate surface area is 402 Å². The zero-order valence-electron chi connectivity index (χ0n) is 40.4. The maximum Gasteiger partial charge on any atom is 0.333 e. The summed E-state index contributed by atoms with van der Waals surface area (Å²) in [5.41, 5.74) is 0.826. The number of ether oxygens (including phenoxy) is 9. The molecule has 2 fully saturated rings. The lowest BCUT2D eigenvalue weighted by Crippen LogP contribution is -2.27. The average Bonchev–Trinajstić information content (AvgIpc) is 3.35. The Balaban J connectivity index is 0.902. The summed E-state index contributed by atoms with van der Waals surface area (Å²) < 4.78 is 51.4. The topological polar surface area (TPSA) is 151 Å². The molecule has 0 atom stereocenters. The van der Waals surface area contributed by atoms with Crippen LogP contribution in [0.5, 0.6) is 40.2 Å². The smallest absolute Gasteiger partial charge is 0.333 e. The molecular formula is C55H72O13. The van der Waals surface area contributed by atoms with E-state index in [0.29, 0.717) is 91.4 Å². The van der Waals surface area contributed by atoms with Gasteiger partial charge in [-0.2, -0.15) is 0 Å². The summed E-state index contributed by atoms with van der Waals surface area (Å²) in [6, 6.07) is 20.0. The lowest BCUT2D eigenvalue weighted by Gasteiger charge is -2.27. The maximum absolute atomic E-state index is 13.0. The second-order valence-electron chi connectivity index (χ2n) is 18.0. The van der Waals surface area contributed by atoms with E-state index < -0.39 is 0 Å². The van der Waals surface area contributed by atoms with Crippen molar-refractivity contribution in [2.45, 2.75) is 117 Å². The first-order valence-electron chi connectivity index (χ1n) is 24.4. The summed E-state index contributed by atoms with van der Waals surface area (Å²) >= 11 is 0. The summed E-state index contributed by atoms with van der Waals surface area (Å²) in [6.45, 7) is 13.5. The second-order valence-corrected chi connectivity index (χ2v) is 18.0. The third-order valence-corrected chi connectivity index (χ3v) is 12.3. The van der Waals surface area contributed by atoms with E-state index in [9.17, 15) is 19.2 Å². The van der Waals surface area contributed by atoms with Crippen molar-refractivity contribution in [2.24, 2.45) is 23.7 Å². The molecule has 370 valence electrons. The van der Waals surface area contributed by atoms with E-state index >= 15 is 0 Å². The van der Waals surface area contributed by atoms with Gasteiger partial charge in [-0.25, -0.2) is 9.59 Å². The molecule has 5 rings (SSSR count). The van der Waals surface area contributed by atoms with Gasteiger partial charge >= 0.3 is 23.9 Å². The summed E-state index contributed by atoms with van der Waals surface area (Å²) in [5, 5.41) is 0. The second kappa shape index (κ2) is 29.0. The van der Waals surface area contributed by atoms with Gasteiger partial charge in [-0.3, -0.25) is 9.59 Å². The predicted octanol–water partition coefficient (Wildman–Crippen LogP) is 11.4. The van der Waals surface area contributed by atoms with Crippen LogP contribution in [0.2, 0.25) is 0 Å². The molecule has 0 heterocycles. The largest absolute Gasteiger partial charge is 0.494 e. The number of unbranched alkanes of at least 4 members (excludes halogenated alkanes) is 6. The molecular weight excluding hydrogens is 869 g/mol. The van der Waals surface area contributed by atoms with Crippen LogP contribution in [0.25, 0.3) is 0 Å². The van der Waals surface area contributed by atoms with Crippen molar-refractivity contribution in [2.75, 3.05) is 46.8 Å². The molecule has 68 heavy (non-hydrogen) atoms. The Morgan fingerprint density at radius 2 is 0.838 bits per heavy atom. The Hall–Kier alpha value is -5.98. The van der Waals surface area contributed by atoms with Crippen LogP contribution in [-0.2, 0) is 28.7 Å². The van der Waals surface area contributed by atoms with Crippen molar-refractivity contribution >= 4 is 23.9 Å². The van der Waals surface area contributed by atoms with Gasteiger partial charge < -0.3 is 42.6 Å². The first-order chi connectivity index (χ1) is 33.0. The number of esters is 4. The predicted molar refractivity (Wildman–Crippen MR) is 259 cm³/mol. The lowest BCUT2D eigenvalue weighted by molar-refractivity contribution is -0.141. The highest BCUT2D eigenvalue weighted by molar-refractivity contribution is 5.87. The maximum atomic E-state index is 13.0. The fourth-order valence-electron chi connectivity index (χ4n) is 8.09. The molecule has 13 heteroatoms. The molecule has 2 aliphatic carbocycles. The summed E-state index contributed by atoms with van der Waals surface area (Å²) in [7, 11) is 1.62. The van der Waals surface area contributed by atoms with E-state index in [1.807, 2.05) is 42.5 Å². The molecule has 0 spiro atoms. The number of carbonyl (C=O) groups is 4. The summed E-state index contributed by atoms with van der Waals surface area (Å²) in [6.07, 6.45) is 13.7. The fourth-order valence-corrected chi connectivity index (χ4v) is 8.09. The van der Waals surface area contributed by atoms with Crippen molar-refractivity contribution in [3.63, 3.8) is 0 Å². The minimum absolute atomic E-state index is 0.149. The van der Waals surface area contributed by atoms with Gasteiger partial charge in [-0.15, -0.1) is 0 Å². The minimum Gasteiger partial charge on any atom is -0.494 e. The highest BCUT2D eigenvalue weighted by atomic mass is 16.6. The number of benzene rings is 3. The van der Waals surface area contributed by atoms with Gasteiger partial charge in [0.2, 0.25) is 0 Å². The molecule has 2 aliphatic rings. The Bertz CT molecular complexity index is 2040. The third kappa shape index (κ3) is 19.0. The first-order valence-corrected chi connectivity index (χ1v) is 24.4. The standard InChI is InChI=1S/C55H72O13/c1-39(2)52(56)63-34-12-8-6-10-32-61-45-22-26-47(27-23-45)67-54(58)43-18-14-41(15-19-43)37-65-49-30-31-50(51(36-49)60-5)66-38-42-16-20-44(21-17-42)55(59)68-48-28-24-46(25-29-48)62-33-11-7-9-13-35-64-53(57)40(3)4/h22-31,36,41-44H,1,3,6-21,32-35,37-38H2,2,4-5H3. The zero-order valence-corrected chi connectivity index (χ0v) is 40.4. The van der Waals surface area contributed by atoms with Gasteiger partial charge in [-0.05, 0) is 189 Å². The zero-order chi connectivity index (χ0) is 48.5. The van der Waals surface area contributed by atoms with Crippen LogP contribution in [0, 0.1) is 23.7 Å². The minimum atomic E-state index is -0.345. The quantitative estimate of drug-likeness (QED) is 0.0281. The molecule has 2 saturated carbocycles. The van der Waals surface area contributed by atoms with Gasteiger partial charge in [0.1, 0.15) is 28.7 Å². The van der Waals surface area contributed by atoms with Gasteiger partial charge in [0.15, 0.2) is 11.5 Å². The van der Waals surface area contributed by atoms with E-state index in [4.69, 9.17) is 42.6 Å². The van der Waals surface area contributed by atoms with E-state index in [1.165, 1.54) is 0 Å². The van der Waals surface area contributed by atoms with Crippen LogP contribution in [0.1, 0.15) is 117 Å². The van der Waals surface area contributed by atoms with E-state index in [1.54, 1.807) is 45.2 Å². The molecule has 0 N–H and O–H groups in total. The van der Waals surface area contributed by atoms with Gasteiger partial charge in [-0.1, -0.05) is 13.2 Å². The molecule has 0 amide bonds. The Morgan fingerprint density at radius 3 is 1.25 bits per heavy atom. The molecule has 3 aromatic carbocycles. The molecule has 0 radical (unpaired) electrons. The number of hydrogen-bond acceptors (Lipinski definition) is 13. The van der Waals surface area contributed by atoms with Crippen LogP contribution in [-0.4, -0.2) is 70.6 Å². The number of hydrogen-bond donors (Lipinski definition) is 0. The van der Waals surface area contributed by atoms with Crippen molar-refractivity contribution in [3.8, 4) is 40.2 Å². The molecule has 0 bridgehead atoms. The number of methoxy groups -OCH3 is 1. The van der Waals surface area contributed by atoms with Crippen molar-refractivity contribution < 1.29 is 61.8 Å². The highest BCUT2D eigenvalue weighted by Crippen LogP contribution is 2.36. The normalized spacial score (nSPS) is 17.8. The molecule has 13 nitrogen and oxygen atoms in total. The van der Waals surface area contributed by atoms with E-state index in [2.05, 4.69) is 13.2 Å². The summed E-state index contributed by atoms with van der Waals surface area (Å²) in [5.74, 6) is 3.66. The SMILES string of the molecule is C=C(C)C(=O)OCCCCCCOc1ccc(OC(=O)C2CCC(COc3ccc(OCC4CCC(C(=O)Oc5ccc(OCCCCCCOC(=O)C(=C)C)cc5)CC4)c(OC)c3)CC2)cc1. The molecule has 3 aromatic rings. The van der Waals surface area contributed by atoms with E-state index in [-0.39, 0.29) is 35.7 Å². The van der Waals surface area contributed by atoms with Crippen molar-refractivity contribution in [1.29, 1.82) is 0 Å². The van der Waals surface area contributed by atoms with Crippen molar-refractivity contribution in [3.05, 3.63) is 91.0 Å². The first kappa shape index (κ1) is 53.0. The van der Waals surface area contributed by atoms with Crippen LogP contribution in [0.15, 0.2) is 91.0 Å². The highest BCUT2D eigenvalue weighted by Gasteiger charge is 2.30. The van der Waals surface area contributed by atoms with Crippen LogP contribution in [0.4, 0.5) is 0 Å². The Kier molecular flexibility index (Phi) is 22.6. The molecule has 0 saturated heterocycles. The monoisotopic (exact) mass is 940 g/mol. The average molecular weight is 941 g/mol. The molecule has 0 aliphatic heterocycles. The number of rotatable bonds is 29. The third-order valence-electron chi connectivity index (χ3n) is 12.3.